The molecule has 0 radical (unpaired) electrons. The molecule has 9 heteroatoms. The van der Waals surface area contributed by atoms with E-state index in [1.165, 1.54) is 30.9 Å². The highest BCUT2D eigenvalue weighted by atomic mass is 19.4. The lowest BCUT2D eigenvalue weighted by Crippen LogP contribution is -2.46. The van der Waals surface area contributed by atoms with Crippen LogP contribution in [0.15, 0.2) is 24.3 Å². The highest BCUT2D eigenvalue weighted by molar-refractivity contribution is 6.02. The number of carbonyl (C=O) groups is 2. The third-order valence-electron chi connectivity index (χ3n) is 3.72. The van der Waals surface area contributed by atoms with Crippen LogP contribution in [0.5, 0.6) is 5.75 Å². The zero-order chi connectivity index (χ0) is 18.8. The molecule has 0 spiro atoms. The molecule has 25 heavy (non-hydrogen) atoms. The molecule has 1 unspecified atom stereocenters. The predicted octanol–water partition coefficient (Wildman–Crippen LogP) is 2.36. The van der Waals surface area contributed by atoms with E-state index in [0.29, 0.717) is 0 Å². The van der Waals surface area contributed by atoms with Crippen molar-refractivity contribution in [2.75, 3.05) is 11.4 Å². The Bertz CT molecular complexity index is 725. The standard InChI is InChI=1S/C16H16F3N3O3/c1-15(2,9-20)14(24)21-12-6-7-22(13(12)23)10-4-3-5-11(8-10)25-16(17,18)19/h3-5,8,12H,6-7H2,1-2H3,(H,21,24). The van der Waals surface area contributed by atoms with Gasteiger partial charge in [-0.25, -0.2) is 0 Å². The molecule has 1 aromatic rings. The molecule has 2 rings (SSSR count). The fraction of sp³-hybridized carbons (Fsp3) is 0.438. The first-order valence-corrected chi connectivity index (χ1v) is 7.43. The first-order valence-electron chi connectivity index (χ1n) is 7.43. The fourth-order valence-corrected chi connectivity index (χ4v) is 2.31. The number of hydrogen-bond donors (Lipinski definition) is 1. The lowest BCUT2D eigenvalue weighted by atomic mass is 9.94. The molecule has 1 aliphatic heterocycles. The summed E-state index contributed by atoms with van der Waals surface area (Å²) in [7, 11) is 0. The van der Waals surface area contributed by atoms with E-state index >= 15 is 0 Å². The smallest absolute Gasteiger partial charge is 0.406 e. The number of alkyl halides is 3. The van der Waals surface area contributed by atoms with Gasteiger partial charge in [0.1, 0.15) is 17.2 Å². The summed E-state index contributed by atoms with van der Waals surface area (Å²) in [5.74, 6) is -1.47. The SMILES string of the molecule is CC(C)(C#N)C(=O)NC1CCN(c2cccc(OC(F)(F)F)c2)C1=O. The van der Waals surface area contributed by atoms with E-state index in [1.807, 2.05) is 6.07 Å². The van der Waals surface area contributed by atoms with Crippen LogP contribution in [0.2, 0.25) is 0 Å². The molecule has 0 bridgehead atoms. The largest absolute Gasteiger partial charge is 0.573 e. The van der Waals surface area contributed by atoms with Crippen LogP contribution in [-0.2, 0) is 9.59 Å². The van der Waals surface area contributed by atoms with Crippen LogP contribution in [0.4, 0.5) is 18.9 Å². The molecule has 1 atom stereocenters. The van der Waals surface area contributed by atoms with E-state index in [4.69, 9.17) is 5.26 Å². The molecule has 134 valence electrons. The molecule has 0 saturated carbocycles. The van der Waals surface area contributed by atoms with Gasteiger partial charge in [-0.15, -0.1) is 13.2 Å². The number of rotatable bonds is 4. The topological polar surface area (TPSA) is 82.4 Å². The zero-order valence-electron chi connectivity index (χ0n) is 13.6. The second kappa shape index (κ2) is 6.63. The van der Waals surface area contributed by atoms with Crippen molar-refractivity contribution in [3.8, 4) is 11.8 Å². The van der Waals surface area contributed by atoms with Gasteiger partial charge in [-0.2, -0.15) is 5.26 Å². The summed E-state index contributed by atoms with van der Waals surface area (Å²) in [5.41, 5.74) is -1.04. The molecule has 1 aromatic carbocycles. The van der Waals surface area contributed by atoms with Gasteiger partial charge < -0.3 is 15.0 Å². The van der Waals surface area contributed by atoms with Crippen LogP contribution in [0, 0.1) is 16.7 Å². The monoisotopic (exact) mass is 355 g/mol. The van der Waals surface area contributed by atoms with Crippen molar-refractivity contribution < 1.29 is 27.5 Å². The van der Waals surface area contributed by atoms with E-state index in [0.717, 1.165) is 12.1 Å². The number of nitrogens with zero attached hydrogens (tertiary/aromatic N) is 2. The van der Waals surface area contributed by atoms with Crippen molar-refractivity contribution in [1.82, 2.24) is 5.32 Å². The van der Waals surface area contributed by atoms with E-state index < -0.39 is 35.4 Å². The van der Waals surface area contributed by atoms with Gasteiger partial charge in [-0.05, 0) is 32.4 Å². The van der Waals surface area contributed by atoms with Crippen molar-refractivity contribution in [2.24, 2.45) is 5.41 Å². The summed E-state index contributed by atoms with van der Waals surface area (Å²) in [4.78, 5) is 25.7. The summed E-state index contributed by atoms with van der Waals surface area (Å²) < 4.78 is 40.7. The van der Waals surface area contributed by atoms with E-state index in [1.54, 1.807) is 0 Å². The molecular weight excluding hydrogens is 339 g/mol. The van der Waals surface area contributed by atoms with Crippen LogP contribution in [0.3, 0.4) is 0 Å². The van der Waals surface area contributed by atoms with Gasteiger partial charge in [0.15, 0.2) is 0 Å². The molecule has 1 heterocycles. The Morgan fingerprint density at radius 3 is 2.68 bits per heavy atom. The number of halogens is 3. The highest BCUT2D eigenvalue weighted by Gasteiger charge is 2.37. The number of hydrogen-bond acceptors (Lipinski definition) is 4. The van der Waals surface area contributed by atoms with Crippen molar-refractivity contribution in [2.45, 2.75) is 32.7 Å². The van der Waals surface area contributed by atoms with Gasteiger partial charge >= 0.3 is 6.36 Å². The summed E-state index contributed by atoms with van der Waals surface area (Å²) in [5, 5.41) is 11.5. The molecule has 0 aromatic heterocycles. The summed E-state index contributed by atoms with van der Waals surface area (Å²) >= 11 is 0. The lowest BCUT2D eigenvalue weighted by molar-refractivity contribution is -0.274. The molecule has 6 nitrogen and oxygen atoms in total. The van der Waals surface area contributed by atoms with Crippen LogP contribution in [0.1, 0.15) is 20.3 Å². The maximum absolute atomic E-state index is 12.4. The highest BCUT2D eigenvalue weighted by Crippen LogP contribution is 2.29. The Morgan fingerprint density at radius 1 is 1.40 bits per heavy atom. The minimum atomic E-state index is -4.83. The van der Waals surface area contributed by atoms with Gasteiger partial charge in [-0.1, -0.05) is 6.07 Å². The van der Waals surface area contributed by atoms with Crippen molar-refractivity contribution in [1.29, 1.82) is 5.26 Å². The number of anilines is 1. The Morgan fingerprint density at radius 2 is 2.08 bits per heavy atom. The van der Waals surface area contributed by atoms with Crippen molar-refractivity contribution in [3.05, 3.63) is 24.3 Å². The Balaban J connectivity index is 2.11. The van der Waals surface area contributed by atoms with E-state index in [9.17, 15) is 22.8 Å². The van der Waals surface area contributed by atoms with Gasteiger partial charge in [0.25, 0.3) is 0 Å². The van der Waals surface area contributed by atoms with Gasteiger partial charge in [0.2, 0.25) is 11.8 Å². The summed E-state index contributed by atoms with van der Waals surface area (Å²) in [6, 6.07) is 6.07. The fourth-order valence-electron chi connectivity index (χ4n) is 2.31. The number of nitrogens with one attached hydrogen (secondary N) is 1. The molecule has 1 saturated heterocycles. The second-order valence-electron chi connectivity index (χ2n) is 6.09. The molecule has 1 fully saturated rings. The zero-order valence-corrected chi connectivity index (χ0v) is 13.6. The number of amides is 2. The van der Waals surface area contributed by atoms with Crippen LogP contribution in [0.25, 0.3) is 0 Å². The Kier molecular flexibility index (Phi) is 4.92. The predicted molar refractivity (Wildman–Crippen MR) is 81.4 cm³/mol. The van der Waals surface area contributed by atoms with Gasteiger partial charge in [-0.3, -0.25) is 9.59 Å². The number of carbonyl (C=O) groups excluding carboxylic acids is 2. The third kappa shape index (κ3) is 4.41. The molecule has 0 aliphatic carbocycles. The maximum Gasteiger partial charge on any atom is 0.573 e. The van der Waals surface area contributed by atoms with Crippen molar-refractivity contribution in [3.63, 3.8) is 0 Å². The Hall–Kier alpha value is -2.76. The number of ether oxygens (including phenoxy) is 1. The second-order valence-corrected chi connectivity index (χ2v) is 6.09. The van der Waals surface area contributed by atoms with Crippen molar-refractivity contribution >= 4 is 17.5 Å². The van der Waals surface area contributed by atoms with E-state index in [-0.39, 0.29) is 18.7 Å². The average molecular weight is 355 g/mol. The van der Waals surface area contributed by atoms with E-state index in [2.05, 4.69) is 10.1 Å². The lowest BCUT2D eigenvalue weighted by Gasteiger charge is -2.20. The molecule has 2 amide bonds. The quantitative estimate of drug-likeness (QED) is 0.899. The summed E-state index contributed by atoms with van der Waals surface area (Å²) in [6.45, 7) is 3.08. The summed E-state index contributed by atoms with van der Waals surface area (Å²) in [6.07, 6.45) is -4.54. The first kappa shape index (κ1) is 18.6. The molecule has 1 N–H and O–H groups in total. The Labute approximate surface area is 142 Å². The minimum Gasteiger partial charge on any atom is -0.406 e. The number of nitriles is 1. The maximum atomic E-state index is 12.4. The average Bonchev–Trinajstić information content (AvgIpc) is 2.87. The normalized spacial score (nSPS) is 18.0. The van der Waals surface area contributed by atoms with Crippen LogP contribution < -0.4 is 15.0 Å². The third-order valence-corrected chi connectivity index (χ3v) is 3.72. The van der Waals surface area contributed by atoms with Gasteiger partial charge in [0, 0.05) is 18.3 Å². The first-order chi connectivity index (χ1) is 11.5. The number of benzene rings is 1. The van der Waals surface area contributed by atoms with Crippen LogP contribution >= 0.6 is 0 Å². The minimum absolute atomic E-state index is 0.228. The molecular formula is C16H16F3N3O3. The molecule has 1 aliphatic rings. The van der Waals surface area contributed by atoms with Gasteiger partial charge in [0.05, 0.1) is 6.07 Å². The van der Waals surface area contributed by atoms with Crippen LogP contribution in [-0.4, -0.2) is 30.8 Å².